The van der Waals surface area contributed by atoms with Crippen LogP contribution in [0.5, 0.6) is 17.4 Å². The first-order chi connectivity index (χ1) is 8.63. The van der Waals surface area contributed by atoms with E-state index in [9.17, 15) is 4.39 Å². The van der Waals surface area contributed by atoms with Crippen LogP contribution in [0.15, 0.2) is 24.5 Å². The maximum Gasteiger partial charge on any atom is 0.267 e. The molecule has 0 saturated heterocycles. The number of rotatable bonds is 3. The normalized spacial score (nSPS) is 10.2. The molecule has 1 heterocycles. The molecule has 0 saturated carbocycles. The number of hydrogen-bond acceptors (Lipinski definition) is 4. The molecule has 0 bridgehead atoms. The van der Waals surface area contributed by atoms with Gasteiger partial charge in [-0.1, -0.05) is 29.3 Å². The Morgan fingerprint density at radius 3 is 2.72 bits per heavy atom. The molecule has 1 aromatic heterocycles. The number of benzene rings is 1. The third-order valence-corrected chi connectivity index (χ3v) is 2.62. The maximum atomic E-state index is 13.6. The van der Waals surface area contributed by atoms with Gasteiger partial charge in [0.15, 0.2) is 16.7 Å². The molecule has 0 aliphatic rings. The van der Waals surface area contributed by atoms with E-state index in [2.05, 4.69) is 9.97 Å². The molecule has 2 rings (SSSR count). The number of aromatic nitrogens is 2. The van der Waals surface area contributed by atoms with E-state index in [1.54, 1.807) is 6.07 Å². The smallest absolute Gasteiger partial charge is 0.267 e. The third-order valence-electron chi connectivity index (χ3n) is 2.05. The first-order valence-electron chi connectivity index (χ1n) is 4.80. The fraction of sp³-hybridized carbons (Fsp3) is 0.0909. The van der Waals surface area contributed by atoms with Crippen molar-refractivity contribution in [3.63, 3.8) is 0 Å². The van der Waals surface area contributed by atoms with Gasteiger partial charge in [0.2, 0.25) is 5.75 Å². The Kier molecular flexibility index (Phi) is 3.84. The summed E-state index contributed by atoms with van der Waals surface area (Å²) in [7, 11) is 1.38. The van der Waals surface area contributed by atoms with Crippen molar-refractivity contribution in [2.24, 2.45) is 0 Å². The van der Waals surface area contributed by atoms with Crippen molar-refractivity contribution in [3.05, 3.63) is 40.5 Å². The molecule has 0 unspecified atom stereocenters. The van der Waals surface area contributed by atoms with Gasteiger partial charge in [-0.3, -0.25) is 0 Å². The molecule has 0 aliphatic heterocycles. The molecular formula is C11H7Cl2FN2O2. The van der Waals surface area contributed by atoms with Gasteiger partial charge >= 0.3 is 0 Å². The van der Waals surface area contributed by atoms with Crippen LogP contribution in [0, 0.1) is 5.82 Å². The van der Waals surface area contributed by atoms with Gasteiger partial charge in [0.1, 0.15) is 6.33 Å². The van der Waals surface area contributed by atoms with Crippen molar-refractivity contribution in [2.75, 3.05) is 7.11 Å². The van der Waals surface area contributed by atoms with Crippen LogP contribution in [0.2, 0.25) is 10.2 Å². The molecule has 94 valence electrons. The van der Waals surface area contributed by atoms with Crippen LogP contribution in [-0.2, 0) is 0 Å². The third kappa shape index (κ3) is 2.47. The van der Waals surface area contributed by atoms with Crippen LogP contribution < -0.4 is 9.47 Å². The van der Waals surface area contributed by atoms with Gasteiger partial charge in [-0.05, 0) is 12.1 Å². The molecule has 0 spiro atoms. The molecule has 0 aliphatic carbocycles. The van der Waals surface area contributed by atoms with Crippen molar-refractivity contribution in [1.29, 1.82) is 0 Å². The van der Waals surface area contributed by atoms with E-state index in [1.165, 1.54) is 25.6 Å². The largest absolute Gasteiger partial charge is 0.489 e. The van der Waals surface area contributed by atoms with Crippen molar-refractivity contribution >= 4 is 23.2 Å². The predicted octanol–water partition coefficient (Wildman–Crippen LogP) is 3.72. The van der Waals surface area contributed by atoms with Crippen LogP contribution in [0.3, 0.4) is 0 Å². The molecule has 0 fully saturated rings. The Labute approximate surface area is 112 Å². The lowest BCUT2D eigenvalue weighted by Gasteiger charge is -2.10. The average Bonchev–Trinajstić information content (AvgIpc) is 2.35. The number of ether oxygens (including phenoxy) is 2. The van der Waals surface area contributed by atoms with E-state index in [4.69, 9.17) is 32.7 Å². The van der Waals surface area contributed by atoms with Gasteiger partial charge in [-0.15, -0.1) is 0 Å². The fourth-order valence-corrected chi connectivity index (χ4v) is 1.62. The van der Waals surface area contributed by atoms with Gasteiger partial charge in [-0.2, -0.15) is 4.98 Å². The van der Waals surface area contributed by atoms with Crippen LogP contribution in [0.1, 0.15) is 0 Å². The second-order valence-electron chi connectivity index (χ2n) is 3.16. The van der Waals surface area contributed by atoms with Gasteiger partial charge < -0.3 is 9.47 Å². The van der Waals surface area contributed by atoms with E-state index < -0.39 is 5.82 Å². The second kappa shape index (κ2) is 5.37. The molecule has 0 amide bonds. The minimum absolute atomic E-state index is 0.0127. The number of methoxy groups -OCH3 is 1. The summed E-state index contributed by atoms with van der Waals surface area (Å²) < 4.78 is 23.9. The van der Waals surface area contributed by atoms with E-state index >= 15 is 0 Å². The summed E-state index contributed by atoms with van der Waals surface area (Å²) in [5, 5.41) is 0.0246. The summed E-state index contributed by atoms with van der Waals surface area (Å²) >= 11 is 11.4. The van der Waals surface area contributed by atoms with Crippen LogP contribution in [0.4, 0.5) is 4.39 Å². The highest BCUT2D eigenvalue weighted by atomic mass is 35.5. The van der Waals surface area contributed by atoms with E-state index in [1.807, 2.05) is 0 Å². The Bertz CT molecular complexity index is 581. The Morgan fingerprint density at radius 2 is 2.00 bits per heavy atom. The van der Waals surface area contributed by atoms with Gasteiger partial charge in [0.05, 0.1) is 12.1 Å². The van der Waals surface area contributed by atoms with Crippen molar-refractivity contribution < 1.29 is 13.9 Å². The van der Waals surface area contributed by atoms with Crippen molar-refractivity contribution in [3.8, 4) is 17.4 Å². The van der Waals surface area contributed by atoms with Gasteiger partial charge in [0, 0.05) is 0 Å². The second-order valence-corrected chi connectivity index (χ2v) is 3.92. The van der Waals surface area contributed by atoms with Crippen molar-refractivity contribution in [2.45, 2.75) is 0 Å². The lowest BCUT2D eigenvalue weighted by Crippen LogP contribution is -1.97. The first kappa shape index (κ1) is 12.9. The average molecular weight is 289 g/mol. The predicted molar refractivity (Wildman–Crippen MR) is 65.1 cm³/mol. The number of hydrogen-bond donors (Lipinski definition) is 0. The molecule has 18 heavy (non-hydrogen) atoms. The van der Waals surface area contributed by atoms with E-state index in [0.29, 0.717) is 0 Å². The summed E-state index contributed by atoms with van der Waals surface area (Å²) in [6.07, 6.45) is 1.18. The Hall–Kier alpha value is -1.59. The summed E-state index contributed by atoms with van der Waals surface area (Å²) in [6, 6.07) is 4.38. The molecule has 4 nitrogen and oxygen atoms in total. The van der Waals surface area contributed by atoms with Crippen LogP contribution >= 0.6 is 23.2 Å². The molecular weight excluding hydrogens is 282 g/mol. The monoisotopic (exact) mass is 288 g/mol. The summed E-state index contributed by atoms with van der Waals surface area (Å²) in [6.45, 7) is 0. The molecule has 7 heteroatoms. The highest BCUT2D eigenvalue weighted by molar-refractivity contribution is 6.31. The quantitative estimate of drug-likeness (QED) is 0.808. The summed E-state index contributed by atoms with van der Waals surface area (Å²) in [5.74, 6) is -0.622. The highest BCUT2D eigenvalue weighted by Gasteiger charge is 2.15. The molecule has 2 aromatic rings. The Morgan fingerprint density at radius 1 is 1.22 bits per heavy atom. The standard InChI is InChI=1S/C11H7Cl2FN2O2/c1-17-9-10(13)15-5-16-11(9)18-7-4-2-3-6(12)8(7)14/h2-5H,1H3. The topological polar surface area (TPSA) is 44.2 Å². The zero-order chi connectivity index (χ0) is 13.1. The van der Waals surface area contributed by atoms with Crippen LogP contribution in [0.25, 0.3) is 0 Å². The number of nitrogens with zero attached hydrogens (tertiary/aromatic N) is 2. The maximum absolute atomic E-state index is 13.6. The van der Waals surface area contributed by atoms with E-state index in [0.717, 1.165) is 0 Å². The highest BCUT2D eigenvalue weighted by Crippen LogP contribution is 2.35. The molecule has 0 N–H and O–H groups in total. The summed E-state index contributed by atoms with van der Waals surface area (Å²) in [5.41, 5.74) is 0. The number of halogens is 3. The minimum Gasteiger partial charge on any atom is -0.489 e. The van der Waals surface area contributed by atoms with Crippen LogP contribution in [-0.4, -0.2) is 17.1 Å². The zero-order valence-corrected chi connectivity index (χ0v) is 10.7. The minimum atomic E-state index is -0.684. The fourth-order valence-electron chi connectivity index (χ4n) is 1.25. The first-order valence-corrected chi connectivity index (χ1v) is 5.55. The van der Waals surface area contributed by atoms with Gasteiger partial charge in [0.25, 0.3) is 5.88 Å². The zero-order valence-electron chi connectivity index (χ0n) is 9.15. The SMILES string of the molecule is COc1c(Cl)ncnc1Oc1cccc(Cl)c1F. The van der Waals surface area contributed by atoms with E-state index in [-0.39, 0.29) is 27.6 Å². The molecule has 0 radical (unpaired) electrons. The molecule has 0 atom stereocenters. The molecule has 1 aromatic carbocycles. The summed E-state index contributed by atoms with van der Waals surface area (Å²) in [4.78, 5) is 7.55. The van der Waals surface area contributed by atoms with Crippen molar-refractivity contribution in [1.82, 2.24) is 9.97 Å². The lowest BCUT2D eigenvalue weighted by atomic mass is 10.3. The lowest BCUT2D eigenvalue weighted by molar-refractivity contribution is 0.359. The van der Waals surface area contributed by atoms with Gasteiger partial charge in [-0.25, -0.2) is 9.37 Å². The Balaban J connectivity index is 2.40.